The topological polar surface area (TPSA) is 53.1 Å². The fourth-order valence-corrected chi connectivity index (χ4v) is 1.95. The molecule has 0 atom stereocenters. The van der Waals surface area contributed by atoms with Crippen molar-refractivity contribution in [2.45, 2.75) is 26.6 Å². The number of benzene rings is 1. The van der Waals surface area contributed by atoms with Gasteiger partial charge in [0.15, 0.2) is 0 Å². The first-order chi connectivity index (χ1) is 8.74. The molecule has 4 nitrogen and oxygen atoms in total. The Hall–Kier alpha value is -1.52. The zero-order valence-electron chi connectivity index (χ0n) is 10.3. The summed E-state index contributed by atoms with van der Waals surface area (Å²) in [4.78, 5) is 4.10. The average Bonchev–Trinajstić information content (AvgIpc) is 2.84. The molecule has 0 fully saturated rings. The molecule has 0 saturated heterocycles. The maximum absolute atomic E-state index is 5.92. The molecule has 2 rings (SSSR count). The van der Waals surface area contributed by atoms with Gasteiger partial charge in [0.05, 0.1) is 18.2 Å². The molecule has 0 saturated carbocycles. The lowest BCUT2D eigenvalue weighted by molar-refractivity contribution is 0.292. The smallest absolute Gasteiger partial charge is 0.130 e. The van der Waals surface area contributed by atoms with Crippen molar-refractivity contribution in [3.05, 3.63) is 47.0 Å². The molecule has 0 aliphatic heterocycles. The molecule has 0 amide bonds. The van der Waals surface area contributed by atoms with E-state index in [0.29, 0.717) is 18.2 Å². The molecular formula is C13H16ClN3O. The third kappa shape index (κ3) is 2.83. The highest BCUT2D eigenvalue weighted by atomic mass is 35.5. The van der Waals surface area contributed by atoms with Gasteiger partial charge in [0.2, 0.25) is 0 Å². The molecule has 96 valence electrons. The second-order valence-corrected chi connectivity index (χ2v) is 4.35. The highest BCUT2D eigenvalue weighted by Crippen LogP contribution is 2.23. The molecule has 0 radical (unpaired) electrons. The third-order valence-corrected chi connectivity index (χ3v) is 2.99. The lowest BCUT2D eigenvalue weighted by Gasteiger charge is -2.11. The molecule has 0 aliphatic rings. The van der Waals surface area contributed by atoms with Crippen LogP contribution in [0.1, 0.15) is 18.2 Å². The van der Waals surface area contributed by atoms with Gasteiger partial charge in [-0.1, -0.05) is 11.6 Å². The summed E-state index contributed by atoms with van der Waals surface area (Å²) in [5.41, 5.74) is 7.61. The van der Waals surface area contributed by atoms with Crippen LogP contribution < -0.4 is 10.5 Å². The number of rotatable bonds is 5. The minimum absolute atomic E-state index is 0.406. The van der Waals surface area contributed by atoms with Crippen LogP contribution in [0.5, 0.6) is 5.75 Å². The van der Waals surface area contributed by atoms with E-state index in [9.17, 15) is 0 Å². The minimum Gasteiger partial charge on any atom is -0.487 e. The van der Waals surface area contributed by atoms with Crippen molar-refractivity contribution in [2.24, 2.45) is 5.73 Å². The minimum atomic E-state index is 0.406. The van der Waals surface area contributed by atoms with Gasteiger partial charge in [0.25, 0.3) is 0 Å². The first kappa shape index (κ1) is 12.9. The lowest BCUT2D eigenvalue weighted by atomic mass is 10.2. The van der Waals surface area contributed by atoms with E-state index in [-0.39, 0.29) is 0 Å². The maximum Gasteiger partial charge on any atom is 0.130 e. The Balaban J connectivity index is 2.10. The molecule has 0 aliphatic carbocycles. The predicted molar refractivity (Wildman–Crippen MR) is 71.6 cm³/mol. The summed E-state index contributed by atoms with van der Waals surface area (Å²) in [5, 5.41) is 0.668. The molecular weight excluding hydrogens is 250 g/mol. The first-order valence-electron chi connectivity index (χ1n) is 5.85. The highest BCUT2D eigenvalue weighted by Gasteiger charge is 2.06. The molecule has 0 bridgehead atoms. The molecule has 1 aromatic heterocycles. The molecule has 1 aromatic carbocycles. The van der Waals surface area contributed by atoms with Crippen LogP contribution in [0.4, 0.5) is 0 Å². The summed E-state index contributed by atoms with van der Waals surface area (Å²) in [7, 11) is 0. The highest BCUT2D eigenvalue weighted by molar-refractivity contribution is 6.30. The van der Waals surface area contributed by atoms with Crippen LogP contribution in [-0.4, -0.2) is 9.55 Å². The van der Waals surface area contributed by atoms with Crippen molar-refractivity contribution in [1.29, 1.82) is 0 Å². The van der Waals surface area contributed by atoms with Crippen molar-refractivity contribution >= 4 is 11.6 Å². The normalized spacial score (nSPS) is 10.6. The summed E-state index contributed by atoms with van der Waals surface area (Å²) >= 11 is 5.92. The second-order valence-electron chi connectivity index (χ2n) is 3.92. The first-order valence-corrected chi connectivity index (χ1v) is 6.22. The van der Waals surface area contributed by atoms with Gasteiger partial charge in [-0.25, -0.2) is 4.98 Å². The Morgan fingerprint density at radius 3 is 3.00 bits per heavy atom. The summed E-state index contributed by atoms with van der Waals surface area (Å²) in [6.07, 6.45) is 3.60. The zero-order chi connectivity index (χ0) is 13.0. The number of aromatic nitrogens is 2. The quantitative estimate of drug-likeness (QED) is 0.904. The molecule has 0 spiro atoms. The summed E-state index contributed by atoms with van der Waals surface area (Å²) in [6.45, 7) is 3.83. The monoisotopic (exact) mass is 265 g/mol. The number of hydrogen-bond acceptors (Lipinski definition) is 3. The zero-order valence-corrected chi connectivity index (χ0v) is 11.0. The van der Waals surface area contributed by atoms with E-state index in [4.69, 9.17) is 22.1 Å². The van der Waals surface area contributed by atoms with Crippen LogP contribution in [-0.2, 0) is 19.7 Å². The van der Waals surface area contributed by atoms with Gasteiger partial charge in [-0.3, -0.25) is 0 Å². The second kappa shape index (κ2) is 5.89. The van der Waals surface area contributed by atoms with Gasteiger partial charge in [-0.15, -0.1) is 0 Å². The van der Waals surface area contributed by atoms with E-state index < -0.39 is 0 Å². The summed E-state index contributed by atoms with van der Waals surface area (Å²) in [6, 6.07) is 5.47. The van der Waals surface area contributed by atoms with Gasteiger partial charge in [-0.05, 0) is 25.1 Å². The van der Waals surface area contributed by atoms with E-state index in [0.717, 1.165) is 23.6 Å². The average molecular weight is 266 g/mol. The van der Waals surface area contributed by atoms with Crippen molar-refractivity contribution < 1.29 is 4.74 Å². The van der Waals surface area contributed by atoms with Crippen LogP contribution in [0.3, 0.4) is 0 Å². The molecule has 5 heteroatoms. The van der Waals surface area contributed by atoms with Crippen LogP contribution in [0.2, 0.25) is 5.02 Å². The van der Waals surface area contributed by atoms with Gasteiger partial charge in [0.1, 0.15) is 12.4 Å². The fraction of sp³-hybridized carbons (Fsp3) is 0.308. The largest absolute Gasteiger partial charge is 0.487 e. The van der Waals surface area contributed by atoms with Crippen LogP contribution in [0, 0.1) is 0 Å². The fourth-order valence-electron chi connectivity index (χ4n) is 1.75. The summed E-state index contributed by atoms with van der Waals surface area (Å²) in [5.74, 6) is 0.769. The number of halogens is 1. The summed E-state index contributed by atoms with van der Waals surface area (Å²) < 4.78 is 7.81. The lowest BCUT2D eigenvalue weighted by Crippen LogP contribution is -2.06. The standard InChI is InChI=1S/C13H16ClN3O/c1-2-17-9-16-7-12(17)8-18-13-4-3-11(14)5-10(13)6-15/h3-5,7,9H,2,6,8,15H2,1H3. The molecule has 1 heterocycles. The number of imidazole rings is 1. The number of nitrogens with two attached hydrogens (primary N) is 1. The van der Waals surface area contributed by atoms with Crippen molar-refractivity contribution in [1.82, 2.24) is 9.55 Å². The van der Waals surface area contributed by atoms with Crippen molar-refractivity contribution in [2.75, 3.05) is 0 Å². The SMILES string of the molecule is CCn1cncc1COc1ccc(Cl)cc1CN. The van der Waals surface area contributed by atoms with E-state index >= 15 is 0 Å². The van der Waals surface area contributed by atoms with E-state index in [1.807, 2.05) is 22.9 Å². The predicted octanol–water partition coefficient (Wildman–Crippen LogP) is 2.59. The van der Waals surface area contributed by atoms with E-state index in [1.54, 1.807) is 12.4 Å². The van der Waals surface area contributed by atoms with Gasteiger partial charge in [-0.2, -0.15) is 0 Å². The van der Waals surface area contributed by atoms with Gasteiger partial charge < -0.3 is 15.0 Å². The van der Waals surface area contributed by atoms with Gasteiger partial charge in [0, 0.05) is 23.7 Å². The van der Waals surface area contributed by atoms with E-state index in [1.165, 1.54) is 0 Å². The van der Waals surface area contributed by atoms with E-state index in [2.05, 4.69) is 11.9 Å². The Bertz CT molecular complexity index is 525. The third-order valence-electron chi connectivity index (χ3n) is 2.76. The van der Waals surface area contributed by atoms with Crippen LogP contribution in [0.15, 0.2) is 30.7 Å². The Kier molecular flexibility index (Phi) is 4.23. The Morgan fingerprint density at radius 1 is 1.44 bits per heavy atom. The molecule has 2 N–H and O–H groups in total. The Labute approximate surface area is 111 Å². The number of ether oxygens (including phenoxy) is 1. The number of hydrogen-bond donors (Lipinski definition) is 1. The number of aryl methyl sites for hydroxylation is 1. The van der Waals surface area contributed by atoms with Crippen LogP contribution in [0.25, 0.3) is 0 Å². The molecule has 0 unspecified atom stereocenters. The van der Waals surface area contributed by atoms with Crippen molar-refractivity contribution in [3.8, 4) is 5.75 Å². The van der Waals surface area contributed by atoms with Gasteiger partial charge >= 0.3 is 0 Å². The number of nitrogens with zero attached hydrogens (tertiary/aromatic N) is 2. The molecule has 18 heavy (non-hydrogen) atoms. The maximum atomic E-state index is 5.92. The van der Waals surface area contributed by atoms with Crippen LogP contribution >= 0.6 is 11.6 Å². The Morgan fingerprint density at radius 2 is 2.28 bits per heavy atom. The molecule has 2 aromatic rings. The van der Waals surface area contributed by atoms with Crippen molar-refractivity contribution in [3.63, 3.8) is 0 Å².